The highest BCUT2D eigenvalue weighted by atomic mass is 19.1. The molecule has 1 atom stereocenters. The number of nitrogens with zero attached hydrogens (tertiary/aromatic N) is 2. The lowest BCUT2D eigenvalue weighted by Crippen LogP contribution is -2.47. The van der Waals surface area contributed by atoms with E-state index in [9.17, 15) is 9.18 Å². The van der Waals surface area contributed by atoms with Gasteiger partial charge in [0.15, 0.2) is 0 Å². The van der Waals surface area contributed by atoms with Gasteiger partial charge in [0.25, 0.3) is 0 Å². The van der Waals surface area contributed by atoms with Crippen molar-refractivity contribution in [1.29, 1.82) is 0 Å². The van der Waals surface area contributed by atoms with Crippen molar-refractivity contribution in [3.63, 3.8) is 0 Å². The molecule has 6 heteroatoms. The van der Waals surface area contributed by atoms with Crippen LogP contribution in [-0.4, -0.2) is 34.8 Å². The van der Waals surface area contributed by atoms with E-state index < -0.39 is 0 Å². The Kier molecular flexibility index (Phi) is 5.02. The summed E-state index contributed by atoms with van der Waals surface area (Å²) in [5, 5.41) is 10.6. The van der Waals surface area contributed by atoms with Crippen molar-refractivity contribution in [2.45, 2.75) is 31.7 Å². The Bertz CT molecular complexity index is 647. The van der Waals surface area contributed by atoms with Gasteiger partial charge < -0.3 is 10.6 Å². The number of benzene rings is 1. The third-order valence-corrected chi connectivity index (χ3v) is 4.04. The largest absolute Gasteiger partial charge is 0.354 e. The molecule has 2 heterocycles. The summed E-state index contributed by atoms with van der Waals surface area (Å²) in [6.45, 7) is 1.48. The maximum absolute atomic E-state index is 12.9. The maximum atomic E-state index is 12.9. The Balaban J connectivity index is 1.49. The third-order valence-electron chi connectivity index (χ3n) is 4.04. The summed E-state index contributed by atoms with van der Waals surface area (Å²) in [7, 11) is 0. The summed E-state index contributed by atoms with van der Waals surface area (Å²) in [6.07, 6.45) is 5.67. The predicted octanol–water partition coefficient (Wildman–Crippen LogP) is 1.81. The van der Waals surface area contributed by atoms with E-state index in [1.807, 2.05) is 12.3 Å². The first-order valence-corrected chi connectivity index (χ1v) is 8.04. The van der Waals surface area contributed by atoms with Crippen molar-refractivity contribution in [3.05, 3.63) is 48.0 Å². The van der Waals surface area contributed by atoms with E-state index in [4.69, 9.17) is 0 Å². The second-order valence-corrected chi connectivity index (χ2v) is 5.77. The molecule has 0 saturated carbocycles. The molecule has 1 unspecified atom stereocenters. The highest BCUT2D eigenvalue weighted by Gasteiger charge is 2.19. The highest BCUT2D eigenvalue weighted by molar-refractivity contribution is 5.81. The van der Waals surface area contributed by atoms with E-state index in [2.05, 4.69) is 15.7 Å². The smallest absolute Gasteiger partial charge is 0.237 e. The van der Waals surface area contributed by atoms with Gasteiger partial charge in [-0.3, -0.25) is 4.79 Å². The first-order valence-electron chi connectivity index (χ1n) is 8.04. The van der Waals surface area contributed by atoms with Crippen LogP contribution in [0.3, 0.4) is 0 Å². The van der Waals surface area contributed by atoms with Gasteiger partial charge in [-0.1, -0.05) is 6.42 Å². The molecule has 1 aliphatic heterocycles. The van der Waals surface area contributed by atoms with Crippen LogP contribution in [-0.2, 0) is 11.2 Å². The fourth-order valence-corrected chi connectivity index (χ4v) is 2.75. The summed E-state index contributed by atoms with van der Waals surface area (Å²) in [5.74, 6) is -0.192. The molecule has 1 saturated heterocycles. The predicted molar refractivity (Wildman–Crippen MR) is 85.9 cm³/mol. The van der Waals surface area contributed by atoms with Crippen LogP contribution < -0.4 is 10.6 Å². The van der Waals surface area contributed by atoms with E-state index in [1.54, 1.807) is 16.8 Å². The zero-order chi connectivity index (χ0) is 16.1. The van der Waals surface area contributed by atoms with Gasteiger partial charge in [-0.05, 0) is 49.7 Å². The van der Waals surface area contributed by atoms with Crippen molar-refractivity contribution in [2.24, 2.45) is 0 Å². The van der Waals surface area contributed by atoms with Crippen molar-refractivity contribution < 1.29 is 9.18 Å². The quantitative estimate of drug-likeness (QED) is 0.884. The Morgan fingerprint density at radius 2 is 2.13 bits per heavy atom. The number of hydrogen-bond donors (Lipinski definition) is 2. The molecule has 0 bridgehead atoms. The van der Waals surface area contributed by atoms with E-state index >= 15 is 0 Å². The van der Waals surface area contributed by atoms with Gasteiger partial charge in [0.2, 0.25) is 5.91 Å². The van der Waals surface area contributed by atoms with Crippen LogP contribution in [0.5, 0.6) is 0 Å². The molecule has 2 aromatic rings. The highest BCUT2D eigenvalue weighted by Crippen LogP contribution is 2.09. The van der Waals surface area contributed by atoms with Gasteiger partial charge in [-0.25, -0.2) is 9.07 Å². The number of carbonyl (C=O) groups excluding carboxylic acids is 1. The van der Waals surface area contributed by atoms with Crippen LogP contribution in [0.25, 0.3) is 5.69 Å². The number of piperidine rings is 1. The summed E-state index contributed by atoms with van der Waals surface area (Å²) < 4.78 is 14.6. The molecule has 3 rings (SSSR count). The normalized spacial score (nSPS) is 17.9. The molecule has 1 aromatic carbocycles. The molecule has 122 valence electrons. The number of hydrogen-bond acceptors (Lipinski definition) is 3. The zero-order valence-corrected chi connectivity index (χ0v) is 13.0. The molecule has 0 aliphatic carbocycles. The Hall–Kier alpha value is -2.21. The molecule has 5 nitrogen and oxygen atoms in total. The SMILES string of the molecule is O=C(NCCc1ccn(-c2ccc(F)cc2)n1)C1CCCCN1. The van der Waals surface area contributed by atoms with E-state index in [0.717, 1.165) is 37.2 Å². The Morgan fingerprint density at radius 3 is 2.87 bits per heavy atom. The monoisotopic (exact) mass is 316 g/mol. The van der Waals surface area contributed by atoms with E-state index in [0.29, 0.717) is 13.0 Å². The number of nitrogens with one attached hydrogen (secondary N) is 2. The van der Waals surface area contributed by atoms with Crippen LogP contribution >= 0.6 is 0 Å². The summed E-state index contributed by atoms with van der Waals surface area (Å²) in [6, 6.07) is 8.04. The minimum Gasteiger partial charge on any atom is -0.354 e. The first kappa shape index (κ1) is 15.7. The topological polar surface area (TPSA) is 59.0 Å². The average molecular weight is 316 g/mol. The summed E-state index contributed by atoms with van der Waals surface area (Å²) in [4.78, 5) is 12.0. The lowest BCUT2D eigenvalue weighted by atomic mass is 10.0. The summed E-state index contributed by atoms with van der Waals surface area (Å²) in [5.41, 5.74) is 1.71. The molecule has 23 heavy (non-hydrogen) atoms. The molecule has 1 fully saturated rings. The van der Waals surface area contributed by atoms with Gasteiger partial charge in [0.1, 0.15) is 5.82 Å². The van der Waals surface area contributed by atoms with Crippen LogP contribution in [0.15, 0.2) is 36.5 Å². The third kappa shape index (κ3) is 4.16. The Morgan fingerprint density at radius 1 is 1.30 bits per heavy atom. The molecule has 2 N–H and O–H groups in total. The minimum absolute atomic E-state index is 0.0551. The lowest BCUT2D eigenvalue weighted by molar-refractivity contribution is -0.123. The molecular weight excluding hydrogens is 295 g/mol. The van der Waals surface area contributed by atoms with Crippen molar-refractivity contribution in [1.82, 2.24) is 20.4 Å². The molecule has 1 aliphatic rings. The number of aromatic nitrogens is 2. The minimum atomic E-state index is -0.264. The standard InChI is InChI=1S/C17H21FN4O/c18-13-4-6-15(7-5-13)22-12-9-14(21-22)8-11-20-17(23)16-3-1-2-10-19-16/h4-7,9,12,16,19H,1-3,8,10-11H2,(H,20,23). The lowest BCUT2D eigenvalue weighted by Gasteiger charge is -2.22. The van der Waals surface area contributed by atoms with Gasteiger partial charge in [-0.2, -0.15) is 5.10 Å². The van der Waals surface area contributed by atoms with Crippen LogP contribution in [0.2, 0.25) is 0 Å². The molecule has 0 radical (unpaired) electrons. The van der Waals surface area contributed by atoms with E-state index in [-0.39, 0.29) is 17.8 Å². The number of amides is 1. The van der Waals surface area contributed by atoms with Crippen LogP contribution in [0.4, 0.5) is 4.39 Å². The van der Waals surface area contributed by atoms with Crippen molar-refractivity contribution in [3.8, 4) is 5.69 Å². The second-order valence-electron chi connectivity index (χ2n) is 5.77. The molecular formula is C17H21FN4O. The summed E-state index contributed by atoms with van der Waals surface area (Å²) >= 11 is 0. The molecule has 1 aromatic heterocycles. The van der Waals surface area contributed by atoms with Crippen molar-refractivity contribution >= 4 is 5.91 Å². The van der Waals surface area contributed by atoms with E-state index in [1.165, 1.54) is 12.1 Å². The second kappa shape index (κ2) is 7.37. The number of halogens is 1. The van der Waals surface area contributed by atoms with Gasteiger partial charge >= 0.3 is 0 Å². The van der Waals surface area contributed by atoms with Gasteiger partial charge in [0, 0.05) is 19.2 Å². The fourth-order valence-electron chi connectivity index (χ4n) is 2.75. The zero-order valence-electron chi connectivity index (χ0n) is 13.0. The average Bonchev–Trinajstić information content (AvgIpc) is 3.05. The molecule has 1 amide bonds. The van der Waals surface area contributed by atoms with Crippen molar-refractivity contribution in [2.75, 3.05) is 13.1 Å². The first-order chi connectivity index (χ1) is 11.2. The Labute approximate surface area is 134 Å². The molecule has 0 spiro atoms. The maximum Gasteiger partial charge on any atom is 0.237 e. The number of rotatable bonds is 5. The van der Waals surface area contributed by atoms with Gasteiger partial charge in [0.05, 0.1) is 17.4 Å². The van der Waals surface area contributed by atoms with Crippen LogP contribution in [0, 0.1) is 5.82 Å². The number of carbonyl (C=O) groups is 1. The van der Waals surface area contributed by atoms with Gasteiger partial charge in [-0.15, -0.1) is 0 Å². The fraction of sp³-hybridized carbons (Fsp3) is 0.412. The van der Waals surface area contributed by atoms with Crippen LogP contribution in [0.1, 0.15) is 25.0 Å².